The van der Waals surface area contributed by atoms with Gasteiger partial charge in [0.1, 0.15) is 0 Å². The molecule has 0 aliphatic heterocycles. The van der Waals surface area contributed by atoms with Crippen LogP contribution in [0.1, 0.15) is 34.6 Å². The Morgan fingerprint density at radius 3 is 1.27 bits per heavy atom. The minimum Gasteiger partial charge on any atom is -0.449 e. The lowest BCUT2D eigenvalue weighted by atomic mass is 10.1. The molecule has 1 aromatic rings. The van der Waals surface area contributed by atoms with Gasteiger partial charge in [0.2, 0.25) is 0 Å². The van der Waals surface area contributed by atoms with E-state index in [2.05, 4.69) is 0 Å². The highest BCUT2D eigenvalue weighted by molar-refractivity contribution is 5.95. The molecule has 0 radical (unpaired) electrons. The van der Waals surface area contributed by atoms with E-state index in [9.17, 15) is 19.2 Å². The average Bonchev–Trinajstić information content (AvgIpc) is 2.46. The number of ether oxygens (including phenoxy) is 2. The second-order valence-corrected chi connectivity index (χ2v) is 4.48. The summed E-state index contributed by atoms with van der Waals surface area (Å²) >= 11 is 0. The molecule has 0 heterocycles. The summed E-state index contributed by atoms with van der Waals surface area (Å²) in [5.74, 6) is -3.04. The molecule has 2 atom stereocenters. The van der Waals surface area contributed by atoms with E-state index in [0.29, 0.717) is 0 Å². The van der Waals surface area contributed by atoms with Crippen molar-refractivity contribution in [1.29, 1.82) is 0 Å². The van der Waals surface area contributed by atoms with E-state index in [1.165, 1.54) is 38.1 Å². The van der Waals surface area contributed by atoms with Gasteiger partial charge in [-0.15, -0.1) is 0 Å². The zero-order valence-electron chi connectivity index (χ0n) is 12.1. The Morgan fingerprint density at radius 1 is 0.773 bits per heavy atom. The molecule has 8 nitrogen and oxygen atoms in total. The Bertz CT molecular complexity index is 543. The van der Waals surface area contributed by atoms with E-state index in [1.54, 1.807) is 0 Å². The largest absolute Gasteiger partial charge is 0.449 e. The summed E-state index contributed by atoms with van der Waals surface area (Å²) in [7, 11) is 0. The smallest absolute Gasteiger partial charge is 0.338 e. The highest BCUT2D eigenvalue weighted by Crippen LogP contribution is 2.09. The van der Waals surface area contributed by atoms with Gasteiger partial charge in [-0.05, 0) is 38.1 Å². The van der Waals surface area contributed by atoms with Gasteiger partial charge in [0.25, 0.3) is 11.8 Å². The molecule has 4 N–H and O–H groups in total. The third kappa shape index (κ3) is 4.58. The Kier molecular flexibility index (Phi) is 5.62. The van der Waals surface area contributed by atoms with E-state index >= 15 is 0 Å². The van der Waals surface area contributed by atoms with Crippen molar-refractivity contribution in [3.63, 3.8) is 0 Å². The number of hydrogen-bond donors (Lipinski definition) is 2. The molecule has 8 heteroatoms. The standard InChI is InChI=1S/C14H16N2O6/c1-7(11(15)17)21-13(19)9-3-5-10(6-4-9)14(20)22-8(2)12(16)18/h3-8H,1-2H3,(H2,15,17)(H2,16,18). The van der Waals surface area contributed by atoms with Crippen LogP contribution < -0.4 is 11.5 Å². The summed E-state index contributed by atoms with van der Waals surface area (Å²) in [6.07, 6.45) is -2.12. The van der Waals surface area contributed by atoms with Gasteiger partial charge in [-0.3, -0.25) is 9.59 Å². The van der Waals surface area contributed by atoms with Crippen molar-refractivity contribution < 1.29 is 28.7 Å². The maximum Gasteiger partial charge on any atom is 0.338 e. The van der Waals surface area contributed by atoms with Crippen LogP contribution >= 0.6 is 0 Å². The number of amides is 2. The van der Waals surface area contributed by atoms with Crippen molar-refractivity contribution in [3.8, 4) is 0 Å². The monoisotopic (exact) mass is 308 g/mol. The predicted octanol–water partition coefficient (Wildman–Crippen LogP) is -0.252. The molecular weight excluding hydrogens is 292 g/mol. The first-order chi connectivity index (χ1) is 10.2. The first kappa shape index (κ1) is 17.2. The fraction of sp³-hybridized carbons (Fsp3) is 0.286. The SMILES string of the molecule is CC(OC(=O)c1ccc(C(=O)OC(C)C(N)=O)cc1)C(N)=O. The molecule has 1 aromatic carbocycles. The van der Waals surface area contributed by atoms with Crippen LogP contribution in [0.25, 0.3) is 0 Å². The van der Waals surface area contributed by atoms with E-state index in [-0.39, 0.29) is 11.1 Å². The Morgan fingerprint density at radius 2 is 1.05 bits per heavy atom. The minimum absolute atomic E-state index is 0.132. The quantitative estimate of drug-likeness (QED) is 0.694. The van der Waals surface area contributed by atoms with Crippen LogP contribution in [0.4, 0.5) is 0 Å². The zero-order valence-corrected chi connectivity index (χ0v) is 12.1. The highest BCUT2D eigenvalue weighted by Gasteiger charge is 2.18. The van der Waals surface area contributed by atoms with Crippen LogP contribution in [0.15, 0.2) is 24.3 Å². The highest BCUT2D eigenvalue weighted by atomic mass is 16.6. The zero-order chi connectivity index (χ0) is 16.9. The lowest BCUT2D eigenvalue weighted by molar-refractivity contribution is -0.126. The molecule has 2 unspecified atom stereocenters. The normalized spacial score (nSPS) is 12.8. The summed E-state index contributed by atoms with van der Waals surface area (Å²) in [5, 5.41) is 0. The first-order valence-electron chi connectivity index (χ1n) is 6.33. The number of carbonyl (C=O) groups excluding carboxylic acids is 4. The summed E-state index contributed by atoms with van der Waals surface area (Å²) in [5.41, 5.74) is 10.2. The van der Waals surface area contributed by atoms with Gasteiger partial charge in [-0.1, -0.05) is 0 Å². The molecule has 2 amide bonds. The second-order valence-electron chi connectivity index (χ2n) is 4.48. The molecule has 0 aliphatic carbocycles. The molecule has 0 spiro atoms. The number of rotatable bonds is 6. The summed E-state index contributed by atoms with van der Waals surface area (Å²) in [6, 6.07) is 5.28. The molecule has 0 saturated heterocycles. The molecule has 0 bridgehead atoms. The Hall–Kier alpha value is -2.90. The number of nitrogens with two attached hydrogens (primary N) is 2. The molecule has 0 aromatic heterocycles. The fourth-order valence-electron chi connectivity index (χ4n) is 1.32. The number of esters is 2. The van der Waals surface area contributed by atoms with Crippen LogP contribution in [0, 0.1) is 0 Å². The number of hydrogen-bond acceptors (Lipinski definition) is 6. The maximum absolute atomic E-state index is 11.7. The van der Waals surface area contributed by atoms with Gasteiger partial charge in [-0.25, -0.2) is 9.59 Å². The van der Waals surface area contributed by atoms with Gasteiger partial charge >= 0.3 is 11.9 Å². The molecule has 118 valence electrons. The van der Waals surface area contributed by atoms with Crippen molar-refractivity contribution in [1.82, 2.24) is 0 Å². The van der Waals surface area contributed by atoms with Crippen LogP contribution in [0.3, 0.4) is 0 Å². The Balaban J connectivity index is 2.74. The summed E-state index contributed by atoms with van der Waals surface area (Å²) < 4.78 is 9.61. The number of primary amides is 2. The second kappa shape index (κ2) is 7.21. The number of benzene rings is 1. The van der Waals surface area contributed by atoms with Crippen LogP contribution in [-0.4, -0.2) is 36.0 Å². The van der Waals surface area contributed by atoms with Crippen molar-refractivity contribution in [3.05, 3.63) is 35.4 Å². The van der Waals surface area contributed by atoms with Crippen molar-refractivity contribution >= 4 is 23.8 Å². The van der Waals surface area contributed by atoms with Gasteiger partial charge in [-0.2, -0.15) is 0 Å². The molecule has 0 saturated carbocycles. The third-order valence-electron chi connectivity index (χ3n) is 2.73. The van der Waals surface area contributed by atoms with Gasteiger partial charge in [0.05, 0.1) is 11.1 Å². The molecule has 1 rings (SSSR count). The third-order valence-corrected chi connectivity index (χ3v) is 2.73. The first-order valence-corrected chi connectivity index (χ1v) is 6.33. The van der Waals surface area contributed by atoms with Gasteiger partial charge in [0.15, 0.2) is 12.2 Å². The molecule has 0 aliphatic rings. The van der Waals surface area contributed by atoms with Crippen molar-refractivity contribution in [2.24, 2.45) is 11.5 Å². The minimum atomic E-state index is -1.06. The molecular formula is C14H16N2O6. The van der Waals surface area contributed by atoms with E-state index in [1.807, 2.05) is 0 Å². The average molecular weight is 308 g/mol. The van der Waals surface area contributed by atoms with Gasteiger partial charge in [0, 0.05) is 0 Å². The summed E-state index contributed by atoms with van der Waals surface area (Å²) in [4.78, 5) is 45.0. The Labute approximate surface area is 126 Å². The lowest BCUT2D eigenvalue weighted by Crippen LogP contribution is -2.30. The summed E-state index contributed by atoms with van der Waals surface area (Å²) in [6.45, 7) is 2.69. The van der Waals surface area contributed by atoms with Crippen molar-refractivity contribution in [2.75, 3.05) is 0 Å². The van der Waals surface area contributed by atoms with E-state index in [0.717, 1.165) is 0 Å². The molecule has 0 fully saturated rings. The van der Waals surface area contributed by atoms with Gasteiger partial charge < -0.3 is 20.9 Å². The van der Waals surface area contributed by atoms with Crippen molar-refractivity contribution in [2.45, 2.75) is 26.1 Å². The predicted molar refractivity (Wildman–Crippen MR) is 74.6 cm³/mol. The van der Waals surface area contributed by atoms with Crippen LogP contribution in [0.5, 0.6) is 0 Å². The fourth-order valence-corrected chi connectivity index (χ4v) is 1.32. The van der Waals surface area contributed by atoms with E-state index < -0.39 is 36.0 Å². The lowest BCUT2D eigenvalue weighted by Gasteiger charge is -2.11. The van der Waals surface area contributed by atoms with E-state index in [4.69, 9.17) is 20.9 Å². The topological polar surface area (TPSA) is 139 Å². The van der Waals surface area contributed by atoms with Crippen LogP contribution in [0.2, 0.25) is 0 Å². The maximum atomic E-state index is 11.7. The number of carbonyl (C=O) groups is 4. The molecule has 22 heavy (non-hydrogen) atoms. The van der Waals surface area contributed by atoms with Crippen LogP contribution in [-0.2, 0) is 19.1 Å².